The van der Waals surface area contributed by atoms with Crippen LogP contribution >= 0.6 is 23.2 Å². The minimum atomic E-state index is -0.734. The zero-order valence-corrected chi connectivity index (χ0v) is 20.0. The third-order valence-corrected chi connectivity index (χ3v) is 6.37. The largest absolute Gasteiger partial charge is 0.493 e. The number of ether oxygens (including phenoxy) is 2. The average molecular weight is 478 g/mol. The zero-order chi connectivity index (χ0) is 23.1. The normalized spacial score (nSPS) is 14.8. The Bertz CT molecular complexity index is 970. The number of hydrogen-bond acceptors (Lipinski definition) is 4. The summed E-state index contributed by atoms with van der Waals surface area (Å²) < 4.78 is 11.0. The molecule has 2 aromatic carbocycles. The van der Waals surface area contributed by atoms with Gasteiger partial charge in [-0.3, -0.25) is 4.79 Å². The van der Waals surface area contributed by atoms with Gasteiger partial charge in [0.25, 0.3) is 0 Å². The van der Waals surface area contributed by atoms with E-state index in [1.165, 1.54) is 0 Å². The van der Waals surface area contributed by atoms with Crippen LogP contribution < -0.4 is 10.1 Å². The van der Waals surface area contributed by atoms with Gasteiger partial charge in [-0.1, -0.05) is 55.5 Å². The van der Waals surface area contributed by atoms with Crippen LogP contribution in [0.4, 0.5) is 5.69 Å². The van der Waals surface area contributed by atoms with Crippen LogP contribution in [0.3, 0.4) is 0 Å². The van der Waals surface area contributed by atoms with Crippen LogP contribution in [0.25, 0.3) is 0 Å². The Morgan fingerprint density at radius 2 is 1.81 bits per heavy atom. The molecule has 7 heteroatoms. The Morgan fingerprint density at radius 1 is 1.06 bits per heavy atom. The van der Waals surface area contributed by atoms with E-state index >= 15 is 0 Å². The van der Waals surface area contributed by atoms with Gasteiger partial charge in [0.1, 0.15) is 11.3 Å². The van der Waals surface area contributed by atoms with Gasteiger partial charge in [0.2, 0.25) is 5.91 Å². The number of amides is 1. The van der Waals surface area contributed by atoms with Crippen LogP contribution in [0, 0.1) is 0 Å². The number of benzene rings is 2. The molecule has 3 rings (SSSR count). The van der Waals surface area contributed by atoms with Crippen molar-refractivity contribution in [2.45, 2.75) is 57.8 Å². The molecule has 0 spiro atoms. The lowest BCUT2D eigenvalue weighted by atomic mass is 9.78. The van der Waals surface area contributed by atoms with Gasteiger partial charge >= 0.3 is 5.97 Å². The zero-order valence-electron chi connectivity index (χ0n) is 18.5. The van der Waals surface area contributed by atoms with E-state index in [9.17, 15) is 9.59 Å². The van der Waals surface area contributed by atoms with Crippen molar-refractivity contribution in [1.82, 2.24) is 0 Å². The molecule has 0 heterocycles. The minimum Gasteiger partial charge on any atom is -0.493 e. The van der Waals surface area contributed by atoms with Gasteiger partial charge in [-0.05, 0) is 62.1 Å². The maximum Gasteiger partial charge on any atom is 0.341 e. The van der Waals surface area contributed by atoms with Gasteiger partial charge in [0.05, 0.1) is 18.6 Å². The molecule has 0 unspecified atom stereocenters. The Hall–Kier alpha value is -2.24. The lowest BCUT2D eigenvalue weighted by molar-refractivity contribution is -0.121. The van der Waals surface area contributed by atoms with Crippen molar-refractivity contribution in [3.05, 3.63) is 57.6 Å². The van der Waals surface area contributed by atoms with Crippen molar-refractivity contribution >= 4 is 40.8 Å². The van der Waals surface area contributed by atoms with Crippen LogP contribution in [-0.4, -0.2) is 25.1 Å². The fourth-order valence-electron chi connectivity index (χ4n) is 4.15. The quantitative estimate of drug-likeness (QED) is 0.318. The highest BCUT2D eigenvalue weighted by atomic mass is 35.5. The van der Waals surface area contributed by atoms with Crippen molar-refractivity contribution in [1.29, 1.82) is 0 Å². The van der Waals surface area contributed by atoms with Crippen LogP contribution in [0.15, 0.2) is 36.4 Å². The topological polar surface area (TPSA) is 64.6 Å². The van der Waals surface area contributed by atoms with Crippen LogP contribution in [-0.2, 0) is 14.9 Å². The third-order valence-electron chi connectivity index (χ3n) is 5.83. The number of anilines is 1. The fraction of sp³-hybridized carbons (Fsp3) is 0.440. The second-order valence-corrected chi connectivity index (χ2v) is 8.84. The molecule has 5 nitrogen and oxygen atoms in total. The Kier molecular flexibility index (Phi) is 8.44. The first-order valence-corrected chi connectivity index (χ1v) is 11.9. The number of halogens is 2. The molecule has 32 heavy (non-hydrogen) atoms. The number of esters is 1. The molecule has 0 aromatic heterocycles. The molecule has 0 bridgehead atoms. The van der Waals surface area contributed by atoms with Gasteiger partial charge < -0.3 is 14.8 Å². The van der Waals surface area contributed by atoms with E-state index in [2.05, 4.69) is 12.2 Å². The van der Waals surface area contributed by atoms with E-state index in [-0.39, 0.29) is 12.5 Å². The Balaban J connectivity index is 1.89. The molecule has 0 radical (unpaired) electrons. The van der Waals surface area contributed by atoms with Crippen molar-refractivity contribution in [3.8, 4) is 5.75 Å². The maximum absolute atomic E-state index is 13.5. The van der Waals surface area contributed by atoms with Gasteiger partial charge in [-0.2, -0.15) is 0 Å². The highest BCUT2D eigenvalue weighted by molar-refractivity contribution is 6.35. The SMILES string of the molecule is CCCCOc1ccc(NC(=O)C2(c3ccc(Cl)cc3Cl)CCCC2)cc1C(=O)OCC. The standard InChI is InChI=1S/C25H29Cl2NO4/c1-3-5-14-32-22-11-9-18(16-19(22)23(29)31-4-2)28-24(30)25(12-6-7-13-25)20-10-8-17(26)15-21(20)27/h8-11,15-16H,3-7,12-14H2,1-2H3,(H,28,30). The van der Waals surface area contributed by atoms with Crippen LogP contribution in [0.2, 0.25) is 10.0 Å². The lowest BCUT2D eigenvalue weighted by Gasteiger charge is -2.29. The molecule has 172 valence electrons. The van der Waals surface area contributed by atoms with E-state index in [1.807, 2.05) is 6.07 Å². The van der Waals surface area contributed by atoms with E-state index in [0.29, 0.717) is 46.5 Å². The monoisotopic (exact) mass is 477 g/mol. The summed E-state index contributed by atoms with van der Waals surface area (Å²) in [5.74, 6) is -0.175. The molecule has 0 saturated heterocycles. The highest BCUT2D eigenvalue weighted by Crippen LogP contribution is 2.45. The molecule has 0 aliphatic heterocycles. The number of nitrogens with one attached hydrogen (secondary N) is 1. The molecular weight excluding hydrogens is 449 g/mol. The lowest BCUT2D eigenvalue weighted by Crippen LogP contribution is -2.38. The minimum absolute atomic E-state index is 0.145. The van der Waals surface area contributed by atoms with Gasteiger partial charge in [-0.25, -0.2) is 4.79 Å². The summed E-state index contributed by atoms with van der Waals surface area (Å²) in [5, 5.41) is 4.02. The third kappa shape index (κ3) is 5.38. The van der Waals surface area contributed by atoms with Crippen LogP contribution in [0.5, 0.6) is 5.75 Å². The first-order valence-electron chi connectivity index (χ1n) is 11.1. The maximum atomic E-state index is 13.5. The molecule has 1 saturated carbocycles. The predicted molar refractivity (Wildman–Crippen MR) is 128 cm³/mol. The molecular formula is C25H29Cl2NO4. The molecule has 1 N–H and O–H groups in total. The van der Waals surface area contributed by atoms with Gasteiger partial charge in [0.15, 0.2) is 0 Å². The molecule has 1 amide bonds. The van der Waals surface area contributed by atoms with Crippen molar-refractivity contribution in [2.75, 3.05) is 18.5 Å². The van der Waals surface area contributed by atoms with Crippen molar-refractivity contribution in [2.24, 2.45) is 0 Å². The molecule has 1 aliphatic carbocycles. The van der Waals surface area contributed by atoms with Gasteiger partial charge in [0, 0.05) is 15.7 Å². The van der Waals surface area contributed by atoms with E-state index < -0.39 is 11.4 Å². The second kappa shape index (κ2) is 11.1. The molecule has 2 aromatic rings. The second-order valence-electron chi connectivity index (χ2n) is 8.00. The number of carbonyl (C=O) groups excluding carboxylic acids is 2. The first kappa shape index (κ1) is 24.4. The molecule has 1 fully saturated rings. The van der Waals surface area contributed by atoms with Crippen molar-refractivity contribution < 1.29 is 19.1 Å². The Morgan fingerprint density at radius 3 is 2.47 bits per heavy atom. The van der Waals surface area contributed by atoms with E-state index in [1.54, 1.807) is 37.3 Å². The summed E-state index contributed by atoms with van der Waals surface area (Å²) in [6.07, 6.45) is 5.13. The summed E-state index contributed by atoms with van der Waals surface area (Å²) in [7, 11) is 0. The number of rotatable bonds is 9. The summed E-state index contributed by atoms with van der Waals surface area (Å²) >= 11 is 12.6. The van der Waals surface area contributed by atoms with E-state index in [0.717, 1.165) is 31.2 Å². The number of unbranched alkanes of at least 4 members (excludes halogenated alkanes) is 1. The summed E-state index contributed by atoms with van der Waals surface area (Å²) in [6.45, 7) is 4.58. The predicted octanol–water partition coefficient (Wildman–Crippen LogP) is 6.80. The summed E-state index contributed by atoms with van der Waals surface area (Å²) in [5.41, 5.74) is 0.855. The number of hydrogen-bond donors (Lipinski definition) is 1. The molecule has 1 aliphatic rings. The average Bonchev–Trinajstić information content (AvgIpc) is 3.26. The van der Waals surface area contributed by atoms with E-state index in [4.69, 9.17) is 32.7 Å². The number of carbonyl (C=O) groups is 2. The van der Waals surface area contributed by atoms with Gasteiger partial charge in [-0.15, -0.1) is 0 Å². The summed E-state index contributed by atoms with van der Waals surface area (Å²) in [6, 6.07) is 10.3. The Labute approximate surface area is 199 Å². The smallest absolute Gasteiger partial charge is 0.341 e. The van der Waals surface area contributed by atoms with Crippen molar-refractivity contribution in [3.63, 3.8) is 0 Å². The summed E-state index contributed by atoms with van der Waals surface area (Å²) in [4.78, 5) is 26.0. The molecule has 0 atom stereocenters. The highest BCUT2D eigenvalue weighted by Gasteiger charge is 2.44. The fourth-order valence-corrected chi connectivity index (χ4v) is 4.74. The van der Waals surface area contributed by atoms with Crippen LogP contribution in [0.1, 0.15) is 68.3 Å². The first-order chi connectivity index (χ1) is 15.4.